The second-order valence-electron chi connectivity index (χ2n) is 6.98. The van der Waals surface area contributed by atoms with E-state index in [2.05, 4.69) is 27.0 Å². The molecule has 2 aromatic carbocycles. The SMILES string of the molecule is C/C(=N\NS(=O)(=O)Cc1ccccc1)c1ccc(N2CCCCCC2)cc1. The quantitative estimate of drug-likeness (QED) is 0.606. The molecule has 144 valence electrons. The fraction of sp³-hybridized carbons (Fsp3) is 0.381. The highest BCUT2D eigenvalue weighted by Crippen LogP contribution is 2.20. The maximum absolute atomic E-state index is 12.2. The molecule has 27 heavy (non-hydrogen) atoms. The van der Waals surface area contributed by atoms with Crippen molar-refractivity contribution in [2.24, 2.45) is 5.10 Å². The first-order valence-corrected chi connectivity index (χ1v) is 11.1. The van der Waals surface area contributed by atoms with Crippen LogP contribution in [0.1, 0.15) is 43.7 Å². The van der Waals surface area contributed by atoms with Gasteiger partial charge in [0.1, 0.15) is 0 Å². The fourth-order valence-electron chi connectivity index (χ4n) is 3.27. The summed E-state index contributed by atoms with van der Waals surface area (Å²) in [7, 11) is -3.51. The predicted octanol–water partition coefficient (Wildman–Crippen LogP) is 3.91. The van der Waals surface area contributed by atoms with Gasteiger partial charge in [-0.15, -0.1) is 0 Å². The topological polar surface area (TPSA) is 61.8 Å². The van der Waals surface area contributed by atoms with Crippen LogP contribution in [0.15, 0.2) is 59.7 Å². The first kappa shape index (κ1) is 19.4. The number of hydrazone groups is 1. The number of nitrogens with zero attached hydrogens (tertiary/aromatic N) is 2. The van der Waals surface area contributed by atoms with Gasteiger partial charge in [-0.3, -0.25) is 0 Å². The van der Waals surface area contributed by atoms with E-state index < -0.39 is 10.0 Å². The van der Waals surface area contributed by atoms with Gasteiger partial charge in [-0.05, 0) is 43.0 Å². The van der Waals surface area contributed by atoms with Gasteiger partial charge in [0.15, 0.2) is 0 Å². The zero-order valence-corrected chi connectivity index (χ0v) is 16.6. The van der Waals surface area contributed by atoms with Crippen LogP contribution in [-0.4, -0.2) is 27.2 Å². The molecule has 0 saturated carbocycles. The third-order valence-electron chi connectivity index (χ3n) is 4.81. The van der Waals surface area contributed by atoms with Crippen molar-refractivity contribution in [1.29, 1.82) is 0 Å². The lowest BCUT2D eigenvalue weighted by Crippen LogP contribution is -2.23. The van der Waals surface area contributed by atoms with E-state index in [9.17, 15) is 8.42 Å². The van der Waals surface area contributed by atoms with Crippen LogP contribution in [0.4, 0.5) is 5.69 Å². The van der Waals surface area contributed by atoms with Crippen molar-refractivity contribution in [1.82, 2.24) is 4.83 Å². The average Bonchev–Trinajstić information content (AvgIpc) is 2.96. The van der Waals surface area contributed by atoms with Crippen LogP contribution in [-0.2, 0) is 15.8 Å². The summed E-state index contributed by atoms with van der Waals surface area (Å²) in [5.74, 6) is -0.0848. The molecule has 1 fully saturated rings. The monoisotopic (exact) mass is 385 g/mol. The molecule has 1 aliphatic heterocycles. The molecule has 3 rings (SSSR count). The predicted molar refractivity (Wildman–Crippen MR) is 112 cm³/mol. The highest BCUT2D eigenvalue weighted by atomic mass is 32.2. The summed E-state index contributed by atoms with van der Waals surface area (Å²) in [6.07, 6.45) is 5.10. The Morgan fingerprint density at radius 3 is 2.22 bits per heavy atom. The number of hydrogen-bond acceptors (Lipinski definition) is 4. The number of sulfonamides is 1. The van der Waals surface area contributed by atoms with E-state index in [1.807, 2.05) is 37.3 Å². The summed E-state index contributed by atoms with van der Waals surface area (Å²) in [4.78, 5) is 4.76. The Hall–Kier alpha value is -2.34. The van der Waals surface area contributed by atoms with E-state index in [1.54, 1.807) is 12.1 Å². The lowest BCUT2D eigenvalue weighted by atomic mass is 10.1. The molecule has 0 amide bonds. The molecule has 0 bridgehead atoms. The Morgan fingerprint density at radius 2 is 1.59 bits per heavy atom. The zero-order chi connectivity index (χ0) is 19.1. The molecule has 6 heteroatoms. The van der Waals surface area contributed by atoms with Gasteiger partial charge in [-0.1, -0.05) is 55.3 Å². The number of rotatable bonds is 6. The largest absolute Gasteiger partial charge is 0.372 e. The molecular weight excluding hydrogens is 358 g/mol. The zero-order valence-electron chi connectivity index (χ0n) is 15.8. The normalized spacial score (nSPS) is 16.0. The van der Waals surface area contributed by atoms with Crippen LogP contribution >= 0.6 is 0 Å². The van der Waals surface area contributed by atoms with E-state index >= 15 is 0 Å². The van der Waals surface area contributed by atoms with Crippen molar-refractivity contribution in [2.75, 3.05) is 18.0 Å². The van der Waals surface area contributed by atoms with Crippen LogP contribution in [0.3, 0.4) is 0 Å². The van der Waals surface area contributed by atoms with Gasteiger partial charge >= 0.3 is 0 Å². The Balaban J connectivity index is 1.63. The van der Waals surface area contributed by atoms with Gasteiger partial charge in [0, 0.05) is 18.8 Å². The lowest BCUT2D eigenvalue weighted by molar-refractivity contribution is 0.583. The smallest absolute Gasteiger partial charge is 0.251 e. The molecule has 0 atom stereocenters. The van der Waals surface area contributed by atoms with E-state index in [0.29, 0.717) is 5.71 Å². The Kier molecular flexibility index (Phi) is 6.50. The number of nitrogens with one attached hydrogen (secondary N) is 1. The highest BCUT2D eigenvalue weighted by molar-refractivity contribution is 7.88. The van der Waals surface area contributed by atoms with Crippen molar-refractivity contribution < 1.29 is 8.42 Å². The van der Waals surface area contributed by atoms with E-state index in [-0.39, 0.29) is 5.75 Å². The van der Waals surface area contributed by atoms with Crippen LogP contribution in [0, 0.1) is 0 Å². The Morgan fingerprint density at radius 1 is 0.963 bits per heavy atom. The van der Waals surface area contributed by atoms with Crippen molar-refractivity contribution in [3.63, 3.8) is 0 Å². The summed E-state index contributed by atoms with van der Waals surface area (Å²) in [6, 6.07) is 17.3. The minimum absolute atomic E-state index is 0.0848. The van der Waals surface area contributed by atoms with E-state index in [1.165, 1.54) is 31.4 Å². The summed E-state index contributed by atoms with van der Waals surface area (Å²) in [5.41, 5.74) is 3.52. The molecule has 2 aromatic rings. The summed E-state index contributed by atoms with van der Waals surface area (Å²) in [5, 5.41) is 4.08. The first-order chi connectivity index (χ1) is 13.0. The third kappa shape index (κ3) is 5.82. The Bertz CT molecular complexity index is 854. The minimum Gasteiger partial charge on any atom is -0.372 e. The highest BCUT2D eigenvalue weighted by Gasteiger charge is 2.12. The molecule has 1 aliphatic rings. The molecule has 1 saturated heterocycles. The second kappa shape index (κ2) is 9.04. The molecule has 0 spiro atoms. The van der Waals surface area contributed by atoms with Crippen molar-refractivity contribution >= 4 is 21.4 Å². The average molecular weight is 386 g/mol. The molecule has 0 unspecified atom stereocenters. The van der Waals surface area contributed by atoms with Crippen LogP contribution in [0.2, 0.25) is 0 Å². The molecule has 5 nitrogen and oxygen atoms in total. The van der Waals surface area contributed by atoms with Gasteiger partial charge < -0.3 is 4.90 Å². The van der Waals surface area contributed by atoms with Gasteiger partial charge in [0.05, 0.1) is 11.5 Å². The molecule has 1 N–H and O–H groups in total. The van der Waals surface area contributed by atoms with Gasteiger partial charge in [-0.25, -0.2) is 13.2 Å². The third-order valence-corrected chi connectivity index (χ3v) is 5.89. The van der Waals surface area contributed by atoms with Gasteiger partial charge in [0.25, 0.3) is 10.0 Å². The van der Waals surface area contributed by atoms with Crippen molar-refractivity contribution in [3.05, 3.63) is 65.7 Å². The summed E-state index contributed by atoms with van der Waals surface area (Å²) >= 11 is 0. The van der Waals surface area contributed by atoms with Gasteiger partial charge in [-0.2, -0.15) is 5.10 Å². The van der Waals surface area contributed by atoms with Gasteiger partial charge in [0.2, 0.25) is 0 Å². The van der Waals surface area contributed by atoms with E-state index in [0.717, 1.165) is 24.2 Å². The molecule has 0 radical (unpaired) electrons. The number of hydrogen-bond donors (Lipinski definition) is 1. The standard InChI is InChI=1S/C21H27N3O2S/c1-18(22-23-27(25,26)17-19-9-5-4-6-10-19)20-11-13-21(14-12-20)24-15-7-2-3-8-16-24/h4-6,9-14,23H,2-3,7-8,15-17H2,1H3/b22-18+. The van der Waals surface area contributed by atoms with Crippen LogP contribution in [0.25, 0.3) is 0 Å². The summed E-state index contributed by atoms with van der Waals surface area (Å²) in [6.45, 7) is 4.02. The van der Waals surface area contributed by atoms with Crippen LogP contribution < -0.4 is 9.73 Å². The lowest BCUT2D eigenvalue weighted by Gasteiger charge is -2.22. The number of anilines is 1. The Labute approximate surface area is 162 Å². The maximum Gasteiger partial charge on any atom is 0.251 e. The summed E-state index contributed by atoms with van der Waals surface area (Å²) < 4.78 is 24.4. The first-order valence-electron chi connectivity index (χ1n) is 9.47. The second-order valence-corrected chi connectivity index (χ2v) is 8.68. The molecule has 0 aliphatic carbocycles. The molecule has 0 aromatic heterocycles. The molecule has 1 heterocycles. The van der Waals surface area contributed by atoms with Crippen LogP contribution in [0.5, 0.6) is 0 Å². The molecular formula is C21H27N3O2S. The maximum atomic E-state index is 12.2. The minimum atomic E-state index is -3.51. The van der Waals surface area contributed by atoms with Crippen molar-refractivity contribution in [2.45, 2.75) is 38.4 Å². The van der Waals surface area contributed by atoms with E-state index in [4.69, 9.17) is 0 Å². The number of benzene rings is 2. The van der Waals surface area contributed by atoms with Crippen molar-refractivity contribution in [3.8, 4) is 0 Å². The fourth-order valence-corrected chi connectivity index (χ4v) is 4.24.